The third-order valence-corrected chi connectivity index (χ3v) is 3.16. The SMILES string of the molecule is COC(=O)/C=C(/CC(C(=O)OC)c1ccccc1O)C(=O)OC. The number of benzene rings is 1. The molecule has 0 aliphatic carbocycles. The summed E-state index contributed by atoms with van der Waals surface area (Å²) >= 11 is 0. The smallest absolute Gasteiger partial charge is 0.334 e. The second kappa shape index (κ2) is 8.57. The zero-order valence-electron chi connectivity index (χ0n) is 13.1. The van der Waals surface area contributed by atoms with Gasteiger partial charge in [-0.05, 0) is 12.5 Å². The summed E-state index contributed by atoms with van der Waals surface area (Å²) in [5.41, 5.74) is 0.206. The van der Waals surface area contributed by atoms with Crippen LogP contribution >= 0.6 is 0 Å². The lowest BCUT2D eigenvalue weighted by molar-refractivity contribution is -0.143. The predicted octanol–water partition coefficient (Wildman–Crippen LogP) is 1.31. The number of aromatic hydroxyl groups is 1. The van der Waals surface area contributed by atoms with Crippen molar-refractivity contribution >= 4 is 17.9 Å². The van der Waals surface area contributed by atoms with Gasteiger partial charge in [0.2, 0.25) is 0 Å². The van der Waals surface area contributed by atoms with E-state index >= 15 is 0 Å². The van der Waals surface area contributed by atoms with Crippen molar-refractivity contribution in [3.63, 3.8) is 0 Å². The van der Waals surface area contributed by atoms with E-state index in [0.717, 1.165) is 20.3 Å². The van der Waals surface area contributed by atoms with E-state index in [2.05, 4.69) is 9.47 Å². The summed E-state index contributed by atoms with van der Waals surface area (Å²) in [6, 6.07) is 6.17. The molecule has 0 aliphatic rings. The topological polar surface area (TPSA) is 99.1 Å². The summed E-state index contributed by atoms with van der Waals surface area (Å²) in [5, 5.41) is 9.93. The molecule has 1 N–H and O–H groups in total. The maximum Gasteiger partial charge on any atom is 0.334 e. The van der Waals surface area contributed by atoms with Crippen LogP contribution in [0.15, 0.2) is 35.9 Å². The van der Waals surface area contributed by atoms with Gasteiger partial charge in [0.25, 0.3) is 0 Å². The summed E-state index contributed by atoms with van der Waals surface area (Å²) in [4.78, 5) is 35.2. The molecule has 0 saturated heterocycles. The van der Waals surface area contributed by atoms with E-state index in [9.17, 15) is 19.5 Å². The van der Waals surface area contributed by atoms with Crippen LogP contribution in [0.3, 0.4) is 0 Å². The van der Waals surface area contributed by atoms with Crippen LogP contribution in [0.4, 0.5) is 0 Å². The van der Waals surface area contributed by atoms with Crippen molar-refractivity contribution in [1.29, 1.82) is 0 Å². The van der Waals surface area contributed by atoms with Crippen molar-refractivity contribution in [2.24, 2.45) is 0 Å². The number of methoxy groups -OCH3 is 3. The molecule has 1 rings (SSSR count). The fourth-order valence-corrected chi connectivity index (χ4v) is 2.00. The Labute approximate surface area is 133 Å². The lowest BCUT2D eigenvalue weighted by atomic mass is 9.91. The third-order valence-electron chi connectivity index (χ3n) is 3.16. The second-order valence-corrected chi connectivity index (χ2v) is 4.52. The molecule has 0 heterocycles. The minimum atomic E-state index is -0.976. The van der Waals surface area contributed by atoms with Crippen molar-refractivity contribution in [3.05, 3.63) is 41.5 Å². The summed E-state index contributed by atoms with van der Waals surface area (Å²) in [6.45, 7) is 0. The Kier molecular flexibility index (Phi) is 6.79. The van der Waals surface area contributed by atoms with Gasteiger partial charge in [-0.3, -0.25) is 4.79 Å². The van der Waals surface area contributed by atoms with Gasteiger partial charge < -0.3 is 19.3 Å². The molecule has 1 aromatic rings. The Bertz CT molecular complexity index is 619. The fourth-order valence-electron chi connectivity index (χ4n) is 2.00. The van der Waals surface area contributed by atoms with Gasteiger partial charge in [0.05, 0.1) is 27.2 Å². The van der Waals surface area contributed by atoms with Gasteiger partial charge in [-0.25, -0.2) is 9.59 Å². The molecule has 0 bridgehead atoms. The lowest BCUT2D eigenvalue weighted by Crippen LogP contribution is -2.19. The van der Waals surface area contributed by atoms with Crippen molar-refractivity contribution < 1.29 is 33.7 Å². The van der Waals surface area contributed by atoms with E-state index in [1.165, 1.54) is 19.2 Å². The Morgan fingerprint density at radius 3 is 2.26 bits per heavy atom. The van der Waals surface area contributed by atoms with Gasteiger partial charge in [-0.1, -0.05) is 18.2 Å². The molecule has 0 spiro atoms. The van der Waals surface area contributed by atoms with Gasteiger partial charge in [0, 0.05) is 17.2 Å². The number of carbonyl (C=O) groups is 3. The highest BCUT2D eigenvalue weighted by molar-refractivity contribution is 5.97. The van der Waals surface area contributed by atoms with E-state index in [-0.39, 0.29) is 23.3 Å². The van der Waals surface area contributed by atoms with Gasteiger partial charge >= 0.3 is 17.9 Å². The van der Waals surface area contributed by atoms with Gasteiger partial charge in [-0.2, -0.15) is 0 Å². The molecule has 0 radical (unpaired) electrons. The first-order valence-corrected chi connectivity index (χ1v) is 6.67. The molecule has 7 nitrogen and oxygen atoms in total. The number of rotatable bonds is 6. The molecule has 1 atom stereocenters. The molecule has 23 heavy (non-hydrogen) atoms. The van der Waals surface area contributed by atoms with Gasteiger partial charge in [-0.15, -0.1) is 0 Å². The zero-order chi connectivity index (χ0) is 17.4. The number of esters is 3. The maximum absolute atomic E-state index is 12.0. The molecule has 0 fully saturated rings. The van der Waals surface area contributed by atoms with Crippen LogP contribution < -0.4 is 0 Å². The van der Waals surface area contributed by atoms with E-state index in [1.807, 2.05) is 0 Å². The zero-order valence-corrected chi connectivity index (χ0v) is 13.1. The predicted molar refractivity (Wildman–Crippen MR) is 79.6 cm³/mol. The number of phenols is 1. The molecule has 0 aromatic heterocycles. The highest BCUT2D eigenvalue weighted by Gasteiger charge is 2.28. The summed E-state index contributed by atoms with van der Waals surface area (Å²) < 4.78 is 13.8. The monoisotopic (exact) mass is 322 g/mol. The number of ether oxygens (including phenoxy) is 3. The van der Waals surface area contributed by atoms with Crippen LogP contribution in [0, 0.1) is 0 Å². The quantitative estimate of drug-likeness (QED) is 0.479. The first-order valence-electron chi connectivity index (χ1n) is 6.67. The Balaban J connectivity index is 3.24. The van der Waals surface area contributed by atoms with Crippen LogP contribution in [0.2, 0.25) is 0 Å². The maximum atomic E-state index is 12.0. The molecule has 124 valence electrons. The number of hydrogen-bond acceptors (Lipinski definition) is 7. The Hall–Kier alpha value is -2.83. The fraction of sp³-hybridized carbons (Fsp3) is 0.312. The molecule has 0 amide bonds. The van der Waals surface area contributed by atoms with Crippen molar-refractivity contribution in [3.8, 4) is 5.75 Å². The molecule has 1 aromatic carbocycles. The minimum absolute atomic E-state index is 0.0713. The van der Waals surface area contributed by atoms with Crippen LogP contribution in [-0.2, 0) is 28.6 Å². The Morgan fingerprint density at radius 1 is 1.09 bits per heavy atom. The molecule has 7 heteroatoms. The normalized spacial score (nSPS) is 12.2. The molecule has 0 saturated carbocycles. The van der Waals surface area contributed by atoms with Crippen LogP contribution in [0.1, 0.15) is 17.9 Å². The molecular weight excluding hydrogens is 304 g/mol. The van der Waals surface area contributed by atoms with Crippen molar-refractivity contribution in [2.45, 2.75) is 12.3 Å². The first-order chi connectivity index (χ1) is 10.9. The van der Waals surface area contributed by atoms with Gasteiger partial charge in [0.1, 0.15) is 5.75 Å². The average molecular weight is 322 g/mol. The van der Waals surface area contributed by atoms with E-state index < -0.39 is 23.8 Å². The summed E-state index contributed by atoms with van der Waals surface area (Å²) in [5.74, 6) is -3.29. The van der Waals surface area contributed by atoms with Crippen molar-refractivity contribution in [2.75, 3.05) is 21.3 Å². The van der Waals surface area contributed by atoms with Crippen LogP contribution in [0.5, 0.6) is 5.75 Å². The highest BCUT2D eigenvalue weighted by Crippen LogP contribution is 2.31. The third kappa shape index (κ3) is 4.84. The number of carbonyl (C=O) groups excluding carboxylic acids is 3. The molecule has 1 unspecified atom stereocenters. The largest absolute Gasteiger partial charge is 0.508 e. The van der Waals surface area contributed by atoms with Crippen molar-refractivity contribution in [1.82, 2.24) is 0 Å². The van der Waals surface area contributed by atoms with Gasteiger partial charge in [0.15, 0.2) is 0 Å². The number of hydrogen-bond donors (Lipinski definition) is 1. The second-order valence-electron chi connectivity index (χ2n) is 4.52. The van der Waals surface area contributed by atoms with E-state index in [0.29, 0.717) is 0 Å². The van der Waals surface area contributed by atoms with Crippen LogP contribution in [0.25, 0.3) is 0 Å². The number of phenolic OH excluding ortho intramolecular Hbond substituents is 1. The standard InChI is InChI=1S/C16H18O7/c1-21-14(18)9-10(15(19)22-2)8-12(16(20)23-3)11-6-4-5-7-13(11)17/h4-7,9,12,17H,8H2,1-3H3/b10-9-. The summed E-state index contributed by atoms with van der Waals surface area (Å²) in [6.07, 6.45) is 0.758. The molecule has 0 aliphatic heterocycles. The van der Waals surface area contributed by atoms with E-state index in [4.69, 9.17) is 4.74 Å². The van der Waals surface area contributed by atoms with E-state index in [1.54, 1.807) is 12.1 Å². The van der Waals surface area contributed by atoms with Crippen LogP contribution in [-0.4, -0.2) is 44.3 Å². The highest BCUT2D eigenvalue weighted by atomic mass is 16.5. The minimum Gasteiger partial charge on any atom is -0.508 e. The summed E-state index contributed by atoms with van der Waals surface area (Å²) in [7, 11) is 3.51. The molecular formula is C16H18O7. The average Bonchev–Trinajstić information content (AvgIpc) is 2.57. The number of para-hydroxylation sites is 1. The lowest BCUT2D eigenvalue weighted by Gasteiger charge is -2.17. The first kappa shape index (κ1) is 18.2. The Morgan fingerprint density at radius 2 is 1.74 bits per heavy atom.